The molecule has 1 atom stereocenters. The van der Waals surface area contributed by atoms with Crippen LogP contribution in [-0.4, -0.2) is 16.0 Å². The van der Waals surface area contributed by atoms with E-state index in [0.29, 0.717) is 16.3 Å². The third-order valence-electron chi connectivity index (χ3n) is 3.93. The Morgan fingerprint density at radius 3 is 2.56 bits per heavy atom. The molecule has 1 heterocycles. The summed E-state index contributed by atoms with van der Waals surface area (Å²) in [5, 5.41) is 13.6. The van der Waals surface area contributed by atoms with E-state index in [1.54, 1.807) is 43.3 Å². The molecule has 27 heavy (non-hydrogen) atoms. The van der Waals surface area contributed by atoms with Crippen LogP contribution in [-0.2, 0) is 0 Å². The summed E-state index contributed by atoms with van der Waals surface area (Å²) in [6.07, 6.45) is 0. The zero-order valence-electron chi connectivity index (χ0n) is 14.2. The first-order valence-electron chi connectivity index (χ1n) is 8.02. The molecular weight excluding hydrogens is 435 g/mol. The van der Waals surface area contributed by atoms with Crippen LogP contribution in [0.3, 0.4) is 0 Å². The number of rotatable bonds is 4. The van der Waals surface area contributed by atoms with E-state index >= 15 is 0 Å². The van der Waals surface area contributed by atoms with Crippen molar-refractivity contribution in [2.24, 2.45) is 0 Å². The van der Waals surface area contributed by atoms with Crippen LogP contribution in [0.4, 0.5) is 4.39 Å². The molecule has 1 amide bonds. The van der Waals surface area contributed by atoms with Crippen LogP contribution in [0.25, 0.3) is 0 Å². The molecule has 1 unspecified atom stereocenters. The summed E-state index contributed by atoms with van der Waals surface area (Å²) in [6, 6.07) is 12.9. The third-order valence-corrected chi connectivity index (χ3v) is 4.64. The number of aromatic nitrogens is 1. The monoisotopic (exact) mass is 448 g/mol. The number of phenols is 1. The molecule has 1 aromatic heterocycles. The zero-order chi connectivity index (χ0) is 19.6. The number of pyridine rings is 1. The Morgan fingerprint density at radius 1 is 1.19 bits per heavy atom. The minimum absolute atomic E-state index is 0.130. The first-order chi connectivity index (χ1) is 12.8. The van der Waals surface area contributed by atoms with Gasteiger partial charge in [0.05, 0.1) is 6.04 Å². The fourth-order valence-electron chi connectivity index (χ4n) is 2.70. The van der Waals surface area contributed by atoms with Crippen molar-refractivity contribution in [3.05, 3.63) is 92.4 Å². The maximum absolute atomic E-state index is 13.8. The van der Waals surface area contributed by atoms with Gasteiger partial charge in [-0.15, -0.1) is 0 Å². The van der Waals surface area contributed by atoms with E-state index in [1.165, 1.54) is 12.1 Å². The molecule has 0 fully saturated rings. The van der Waals surface area contributed by atoms with Crippen molar-refractivity contribution in [1.29, 1.82) is 0 Å². The number of nitrogens with one attached hydrogen (secondary N) is 1. The second-order valence-electron chi connectivity index (χ2n) is 5.97. The van der Waals surface area contributed by atoms with Gasteiger partial charge in [0.1, 0.15) is 17.3 Å². The van der Waals surface area contributed by atoms with E-state index in [4.69, 9.17) is 11.6 Å². The van der Waals surface area contributed by atoms with Crippen molar-refractivity contribution in [3.8, 4) is 5.75 Å². The fourth-order valence-corrected chi connectivity index (χ4v) is 3.37. The molecule has 7 heteroatoms. The molecule has 2 N–H and O–H groups in total. The number of carbonyl (C=O) groups excluding carboxylic acids is 1. The molecule has 3 aromatic rings. The van der Waals surface area contributed by atoms with Crippen molar-refractivity contribution in [2.45, 2.75) is 13.0 Å². The molecule has 2 aromatic carbocycles. The Labute approximate surface area is 169 Å². The summed E-state index contributed by atoms with van der Waals surface area (Å²) < 4.78 is 14.5. The quantitative estimate of drug-likeness (QED) is 0.578. The summed E-state index contributed by atoms with van der Waals surface area (Å²) in [5.41, 5.74) is 1.75. The summed E-state index contributed by atoms with van der Waals surface area (Å²) in [5.74, 6) is -1.11. The smallest absolute Gasteiger partial charge is 0.270 e. The number of hydrogen-bond acceptors (Lipinski definition) is 3. The molecule has 0 saturated heterocycles. The van der Waals surface area contributed by atoms with Crippen LogP contribution in [0, 0.1) is 12.7 Å². The second kappa shape index (κ2) is 8.06. The molecule has 0 aliphatic heterocycles. The molecule has 0 bridgehead atoms. The maximum atomic E-state index is 13.8. The summed E-state index contributed by atoms with van der Waals surface area (Å²) in [7, 11) is 0. The Bertz CT molecular complexity index is 976. The molecule has 138 valence electrons. The average Bonchev–Trinajstić information content (AvgIpc) is 2.62. The number of carbonyl (C=O) groups is 1. The van der Waals surface area contributed by atoms with Crippen LogP contribution < -0.4 is 5.32 Å². The number of amides is 1. The Hall–Kier alpha value is -2.44. The van der Waals surface area contributed by atoms with Crippen molar-refractivity contribution in [3.63, 3.8) is 0 Å². The van der Waals surface area contributed by atoms with Gasteiger partial charge in [-0.25, -0.2) is 9.37 Å². The van der Waals surface area contributed by atoms with Crippen molar-refractivity contribution < 1.29 is 14.3 Å². The van der Waals surface area contributed by atoms with E-state index in [0.717, 1.165) is 10.5 Å². The zero-order valence-corrected chi connectivity index (χ0v) is 16.6. The molecule has 0 radical (unpaired) electrons. The molecule has 0 aliphatic rings. The van der Waals surface area contributed by atoms with Crippen molar-refractivity contribution >= 4 is 33.4 Å². The number of aromatic hydroxyl groups is 1. The first-order valence-corrected chi connectivity index (χ1v) is 9.19. The van der Waals surface area contributed by atoms with Crippen LogP contribution in [0.15, 0.2) is 59.1 Å². The average molecular weight is 450 g/mol. The topological polar surface area (TPSA) is 62.2 Å². The third kappa shape index (κ3) is 4.64. The minimum Gasteiger partial charge on any atom is -0.508 e. The van der Waals surface area contributed by atoms with E-state index in [1.807, 2.05) is 0 Å². The fraction of sp³-hybridized carbons (Fsp3) is 0.100. The van der Waals surface area contributed by atoms with Crippen LogP contribution in [0.1, 0.15) is 33.4 Å². The first kappa shape index (κ1) is 19.3. The number of aryl methyl sites for hydroxylation is 1. The highest BCUT2D eigenvalue weighted by Gasteiger charge is 2.22. The largest absolute Gasteiger partial charge is 0.508 e. The molecule has 0 saturated carbocycles. The molecule has 3 rings (SSSR count). The predicted octanol–water partition coefficient (Wildman–Crippen LogP) is 5.17. The highest BCUT2D eigenvalue weighted by atomic mass is 79.9. The Morgan fingerprint density at radius 2 is 1.89 bits per heavy atom. The molecule has 0 aliphatic carbocycles. The van der Waals surface area contributed by atoms with Crippen molar-refractivity contribution in [1.82, 2.24) is 10.3 Å². The van der Waals surface area contributed by atoms with Gasteiger partial charge < -0.3 is 10.4 Å². The lowest BCUT2D eigenvalue weighted by Crippen LogP contribution is -2.30. The van der Waals surface area contributed by atoms with Gasteiger partial charge in [0.25, 0.3) is 5.91 Å². The molecule has 4 nitrogen and oxygen atoms in total. The van der Waals surface area contributed by atoms with Crippen molar-refractivity contribution in [2.75, 3.05) is 0 Å². The number of hydrogen-bond donors (Lipinski definition) is 2. The van der Waals surface area contributed by atoms with Gasteiger partial charge >= 0.3 is 0 Å². The Balaban J connectivity index is 2.03. The standard InChI is InChI=1S/C20H15BrClFN2O2/c1-11-8-13(21)9-17(24-11)20(27)25-19(12-2-4-14(22)5-3-12)16-10-15(23)6-7-18(16)26/h2-10,19,26H,1H3,(H,25,27). The highest BCUT2D eigenvalue weighted by Crippen LogP contribution is 2.31. The predicted molar refractivity (Wildman–Crippen MR) is 106 cm³/mol. The normalized spacial score (nSPS) is 11.9. The van der Waals surface area contributed by atoms with Gasteiger partial charge in [-0.05, 0) is 55.0 Å². The molecule has 0 spiro atoms. The van der Waals surface area contributed by atoms with Gasteiger partial charge in [0.15, 0.2) is 0 Å². The van der Waals surface area contributed by atoms with Crippen LogP contribution in [0.5, 0.6) is 5.75 Å². The number of nitrogens with zero attached hydrogens (tertiary/aromatic N) is 1. The second-order valence-corrected chi connectivity index (χ2v) is 7.33. The number of halogens is 3. The van der Waals surface area contributed by atoms with E-state index in [2.05, 4.69) is 26.2 Å². The summed E-state index contributed by atoms with van der Waals surface area (Å²) in [4.78, 5) is 17.0. The summed E-state index contributed by atoms with van der Waals surface area (Å²) in [6.45, 7) is 1.77. The molecular formula is C20H15BrClFN2O2. The maximum Gasteiger partial charge on any atom is 0.270 e. The van der Waals surface area contributed by atoms with Gasteiger partial charge in [-0.2, -0.15) is 0 Å². The number of phenolic OH excluding ortho intramolecular Hbond substituents is 1. The highest BCUT2D eigenvalue weighted by molar-refractivity contribution is 9.10. The Kier molecular flexibility index (Phi) is 5.77. The van der Waals surface area contributed by atoms with Gasteiger partial charge in [0.2, 0.25) is 0 Å². The SMILES string of the molecule is Cc1cc(Br)cc(C(=O)NC(c2ccc(Cl)cc2)c2cc(F)ccc2O)n1. The van der Waals surface area contributed by atoms with E-state index < -0.39 is 17.8 Å². The summed E-state index contributed by atoms with van der Waals surface area (Å²) >= 11 is 9.29. The van der Waals surface area contributed by atoms with Crippen LogP contribution in [0.2, 0.25) is 5.02 Å². The van der Waals surface area contributed by atoms with Gasteiger partial charge in [-0.1, -0.05) is 39.7 Å². The van der Waals surface area contributed by atoms with Gasteiger partial charge in [0, 0.05) is 20.8 Å². The number of benzene rings is 2. The van der Waals surface area contributed by atoms with E-state index in [9.17, 15) is 14.3 Å². The lowest BCUT2D eigenvalue weighted by molar-refractivity contribution is 0.0937. The van der Waals surface area contributed by atoms with Gasteiger partial charge in [-0.3, -0.25) is 4.79 Å². The lowest BCUT2D eigenvalue weighted by atomic mass is 9.97. The van der Waals surface area contributed by atoms with Crippen LogP contribution >= 0.6 is 27.5 Å². The van der Waals surface area contributed by atoms with E-state index in [-0.39, 0.29) is 17.0 Å². The minimum atomic E-state index is -0.786. The lowest BCUT2D eigenvalue weighted by Gasteiger charge is -2.21.